The van der Waals surface area contributed by atoms with Crippen molar-refractivity contribution < 1.29 is 19.1 Å². The van der Waals surface area contributed by atoms with Gasteiger partial charge >= 0.3 is 0 Å². The van der Waals surface area contributed by atoms with E-state index in [1.165, 1.54) is 4.90 Å². The zero-order valence-electron chi connectivity index (χ0n) is 16.5. The average molecular weight is 395 g/mol. The highest BCUT2D eigenvalue weighted by Gasteiger charge is 2.50. The number of amides is 3. The van der Waals surface area contributed by atoms with Gasteiger partial charge in [0.25, 0.3) is 11.8 Å². The second-order valence-electron chi connectivity index (χ2n) is 7.16. The molecular weight excluding hydrogens is 370 g/mol. The quantitative estimate of drug-likeness (QED) is 0.650. The first-order valence-corrected chi connectivity index (χ1v) is 9.48. The highest BCUT2D eigenvalue weighted by atomic mass is 16.6. The molecule has 0 saturated carbocycles. The molecule has 3 rings (SSSR count). The molecule has 0 aromatic heterocycles. The molecule has 29 heavy (non-hydrogen) atoms. The van der Waals surface area contributed by atoms with Crippen LogP contribution in [0.5, 0.6) is 0 Å². The summed E-state index contributed by atoms with van der Waals surface area (Å²) in [6.45, 7) is 0.365. The first-order valence-electron chi connectivity index (χ1n) is 9.48. The van der Waals surface area contributed by atoms with Gasteiger partial charge in [0, 0.05) is 27.1 Å². The third kappa shape index (κ3) is 5.65. The fourth-order valence-corrected chi connectivity index (χ4v) is 3.01. The second-order valence-corrected chi connectivity index (χ2v) is 7.16. The van der Waals surface area contributed by atoms with Crippen LogP contribution in [0.3, 0.4) is 0 Å². The monoisotopic (exact) mass is 395 g/mol. The number of carbonyl (C=O) groups excluding carboxylic acids is 3. The lowest BCUT2D eigenvalue weighted by Crippen LogP contribution is -2.49. The van der Waals surface area contributed by atoms with Crippen molar-refractivity contribution in [2.75, 3.05) is 14.1 Å². The van der Waals surface area contributed by atoms with Gasteiger partial charge in [-0.25, -0.2) is 0 Å². The number of hydrogen-bond donors (Lipinski definition) is 2. The van der Waals surface area contributed by atoms with Gasteiger partial charge in [-0.05, 0) is 11.1 Å². The van der Waals surface area contributed by atoms with E-state index in [1.807, 2.05) is 60.7 Å². The summed E-state index contributed by atoms with van der Waals surface area (Å²) in [6.07, 6.45) is -1.34. The first-order chi connectivity index (χ1) is 14.0. The van der Waals surface area contributed by atoms with Gasteiger partial charge in [-0.2, -0.15) is 0 Å². The van der Waals surface area contributed by atoms with Crippen molar-refractivity contribution in [3.63, 3.8) is 0 Å². The molecule has 2 N–H and O–H groups in total. The van der Waals surface area contributed by atoms with Crippen LogP contribution in [-0.2, 0) is 32.1 Å². The molecule has 2 aromatic carbocycles. The summed E-state index contributed by atoms with van der Waals surface area (Å²) in [6, 6.07) is 18.2. The van der Waals surface area contributed by atoms with Gasteiger partial charge < -0.3 is 20.3 Å². The second kappa shape index (κ2) is 9.34. The summed E-state index contributed by atoms with van der Waals surface area (Å²) >= 11 is 0. The van der Waals surface area contributed by atoms with Crippen LogP contribution in [0, 0.1) is 0 Å². The fraction of sp³-hybridized carbons (Fsp3) is 0.318. The predicted molar refractivity (Wildman–Crippen MR) is 108 cm³/mol. The zero-order chi connectivity index (χ0) is 20.8. The van der Waals surface area contributed by atoms with Crippen LogP contribution >= 0.6 is 0 Å². The molecule has 3 atom stereocenters. The smallest absolute Gasteiger partial charge is 0.253 e. The van der Waals surface area contributed by atoms with Gasteiger partial charge in [-0.3, -0.25) is 14.4 Å². The van der Waals surface area contributed by atoms with Crippen LogP contribution in [0.2, 0.25) is 0 Å². The van der Waals surface area contributed by atoms with Crippen molar-refractivity contribution in [1.29, 1.82) is 0 Å². The Morgan fingerprint density at radius 2 is 1.45 bits per heavy atom. The lowest BCUT2D eigenvalue weighted by molar-refractivity contribution is -0.134. The average Bonchev–Trinajstić information content (AvgIpc) is 3.53. The molecule has 0 aliphatic carbocycles. The lowest BCUT2D eigenvalue weighted by atomic mass is 10.0. The molecule has 0 bridgehead atoms. The van der Waals surface area contributed by atoms with Crippen molar-refractivity contribution >= 4 is 17.7 Å². The first kappa shape index (κ1) is 20.5. The van der Waals surface area contributed by atoms with E-state index < -0.39 is 24.2 Å². The van der Waals surface area contributed by atoms with Crippen molar-refractivity contribution in [2.45, 2.75) is 31.2 Å². The van der Waals surface area contributed by atoms with Gasteiger partial charge in [0.1, 0.15) is 6.04 Å². The van der Waals surface area contributed by atoms with Gasteiger partial charge in [-0.15, -0.1) is 0 Å². The Kier molecular flexibility index (Phi) is 6.61. The number of hydrogen-bond acceptors (Lipinski definition) is 4. The number of epoxide rings is 1. The van der Waals surface area contributed by atoms with Crippen LogP contribution in [-0.4, -0.2) is 55.0 Å². The van der Waals surface area contributed by atoms with E-state index in [-0.39, 0.29) is 11.8 Å². The fourth-order valence-electron chi connectivity index (χ4n) is 3.01. The molecule has 3 amide bonds. The summed E-state index contributed by atoms with van der Waals surface area (Å²) in [5.41, 5.74) is 1.89. The number of benzene rings is 2. The van der Waals surface area contributed by atoms with Crippen molar-refractivity contribution in [1.82, 2.24) is 15.5 Å². The Bertz CT molecular complexity index is 855. The van der Waals surface area contributed by atoms with Gasteiger partial charge in [-0.1, -0.05) is 60.7 Å². The summed E-state index contributed by atoms with van der Waals surface area (Å²) < 4.78 is 5.27. The number of nitrogens with zero attached hydrogens (tertiary/aromatic N) is 1. The van der Waals surface area contributed by atoms with E-state index in [0.717, 1.165) is 11.1 Å². The standard InChI is InChI=1S/C22H25N3O4/c1-25(2)22(28)17(13-15-9-5-3-6-10-15)24-21(27)19-18(29-19)20(26)23-14-16-11-7-4-8-12-16/h3-12,17-19H,13-14H2,1-2H3,(H,23,26)(H,24,27)/t17-,18?,19?/m0/s1. The zero-order valence-corrected chi connectivity index (χ0v) is 16.5. The predicted octanol–water partition coefficient (Wildman–Crippen LogP) is 0.886. The molecule has 1 aliphatic heterocycles. The molecule has 7 nitrogen and oxygen atoms in total. The van der Waals surface area contributed by atoms with Crippen molar-refractivity contribution in [2.24, 2.45) is 0 Å². The van der Waals surface area contributed by atoms with E-state index in [1.54, 1.807) is 14.1 Å². The van der Waals surface area contributed by atoms with Crippen molar-refractivity contribution in [3.8, 4) is 0 Å². The highest BCUT2D eigenvalue weighted by molar-refractivity contribution is 5.97. The maximum absolute atomic E-state index is 12.5. The summed E-state index contributed by atoms with van der Waals surface area (Å²) in [4.78, 5) is 38.7. The summed E-state index contributed by atoms with van der Waals surface area (Å²) in [5.74, 6) is -1.01. The van der Waals surface area contributed by atoms with Gasteiger partial charge in [0.05, 0.1) is 0 Å². The molecule has 1 fully saturated rings. The number of rotatable bonds is 8. The van der Waals surface area contributed by atoms with Crippen LogP contribution in [0.1, 0.15) is 11.1 Å². The van der Waals surface area contributed by atoms with E-state index in [9.17, 15) is 14.4 Å². The Hall–Kier alpha value is -3.19. The minimum atomic E-state index is -0.876. The molecule has 2 aromatic rings. The molecular formula is C22H25N3O4. The topological polar surface area (TPSA) is 91.0 Å². The van der Waals surface area contributed by atoms with Crippen LogP contribution in [0.15, 0.2) is 60.7 Å². The molecule has 7 heteroatoms. The van der Waals surface area contributed by atoms with E-state index >= 15 is 0 Å². The Morgan fingerprint density at radius 3 is 2.03 bits per heavy atom. The number of nitrogens with one attached hydrogen (secondary N) is 2. The van der Waals surface area contributed by atoms with Crippen LogP contribution < -0.4 is 10.6 Å². The normalized spacial score (nSPS) is 18.4. The third-order valence-electron chi connectivity index (χ3n) is 4.66. The third-order valence-corrected chi connectivity index (χ3v) is 4.66. The Labute approximate surface area is 170 Å². The van der Waals surface area contributed by atoms with E-state index in [0.29, 0.717) is 13.0 Å². The maximum Gasteiger partial charge on any atom is 0.253 e. The highest BCUT2D eigenvalue weighted by Crippen LogP contribution is 2.23. The Balaban J connectivity index is 1.54. The van der Waals surface area contributed by atoms with E-state index in [2.05, 4.69) is 10.6 Å². The maximum atomic E-state index is 12.5. The molecule has 0 spiro atoms. The number of carbonyl (C=O) groups is 3. The molecule has 1 aliphatic rings. The van der Waals surface area contributed by atoms with Gasteiger partial charge in [0.15, 0.2) is 12.2 Å². The molecule has 152 valence electrons. The minimum Gasteiger partial charge on any atom is -0.350 e. The lowest BCUT2D eigenvalue weighted by Gasteiger charge is -2.21. The van der Waals surface area contributed by atoms with Crippen LogP contribution in [0.4, 0.5) is 0 Å². The van der Waals surface area contributed by atoms with Crippen molar-refractivity contribution in [3.05, 3.63) is 71.8 Å². The molecule has 1 saturated heterocycles. The molecule has 1 heterocycles. The summed E-state index contributed by atoms with van der Waals surface area (Å²) in [5, 5.41) is 5.49. The minimum absolute atomic E-state index is 0.215. The van der Waals surface area contributed by atoms with E-state index in [4.69, 9.17) is 4.74 Å². The van der Waals surface area contributed by atoms with Crippen LogP contribution in [0.25, 0.3) is 0 Å². The number of likely N-dealkylation sites (N-methyl/N-ethyl adjacent to an activating group) is 1. The largest absolute Gasteiger partial charge is 0.350 e. The van der Waals surface area contributed by atoms with Gasteiger partial charge in [0.2, 0.25) is 5.91 Å². The SMILES string of the molecule is CN(C)C(=O)[C@H](Cc1ccccc1)NC(=O)C1OC1C(=O)NCc1ccccc1. The molecule has 2 unspecified atom stereocenters. The summed E-state index contributed by atoms with van der Waals surface area (Å²) in [7, 11) is 3.28. The Morgan fingerprint density at radius 1 is 0.897 bits per heavy atom. The molecule has 0 radical (unpaired) electrons. The number of ether oxygens (including phenoxy) is 1.